The van der Waals surface area contributed by atoms with E-state index in [1.807, 2.05) is 12.1 Å². The molecule has 0 aromatic heterocycles. The Morgan fingerprint density at radius 2 is 1.94 bits per heavy atom. The Bertz CT molecular complexity index is 325. The SMILES string of the molecule is CCC(C)(CCCl)NCc1ccc(OC)cc1. The first-order chi connectivity index (χ1) is 8.13. The van der Waals surface area contributed by atoms with Gasteiger partial charge in [0, 0.05) is 18.0 Å². The van der Waals surface area contributed by atoms with E-state index in [4.69, 9.17) is 16.3 Å². The Labute approximate surface area is 109 Å². The van der Waals surface area contributed by atoms with E-state index in [0.29, 0.717) is 5.88 Å². The van der Waals surface area contributed by atoms with Crippen molar-refractivity contribution in [1.82, 2.24) is 5.32 Å². The van der Waals surface area contributed by atoms with Crippen LogP contribution in [-0.2, 0) is 6.54 Å². The van der Waals surface area contributed by atoms with Gasteiger partial charge in [-0.3, -0.25) is 0 Å². The third kappa shape index (κ3) is 4.57. The molecular formula is C14H22ClNO. The molecule has 0 aliphatic carbocycles. The topological polar surface area (TPSA) is 21.3 Å². The summed E-state index contributed by atoms with van der Waals surface area (Å²) in [4.78, 5) is 0. The van der Waals surface area contributed by atoms with Crippen molar-refractivity contribution in [3.8, 4) is 5.75 Å². The number of nitrogens with one attached hydrogen (secondary N) is 1. The van der Waals surface area contributed by atoms with E-state index in [1.165, 1.54) is 5.56 Å². The third-order valence-corrected chi connectivity index (χ3v) is 3.49. The molecular weight excluding hydrogens is 234 g/mol. The zero-order chi connectivity index (χ0) is 12.7. The molecule has 0 bridgehead atoms. The number of benzene rings is 1. The van der Waals surface area contributed by atoms with Crippen molar-refractivity contribution < 1.29 is 4.74 Å². The van der Waals surface area contributed by atoms with Gasteiger partial charge in [0.1, 0.15) is 5.75 Å². The molecule has 1 N–H and O–H groups in total. The van der Waals surface area contributed by atoms with Crippen LogP contribution in [0.5, 0.6) is 5.75 Å². The number of hydrogen-bond donors (Lipinski definition) is 1. The molecule has 0 spiro atoms. The Hall–Kier alpha value is -0.730. The molecule has 1 aromatic carbocycles. The maximum atomic E-state index is 5.83. The molecule has 0 radical (unpaired) electrons. The summed E-state index contributed by atoms with van der Waals surface area (Å²) in [6.45, 7) is 5.28. The number of rotatable bonds is 7. The highest BCUT2D eigenvalue weighted by molar-refractivity contribution is 6.17. The molecule has 3 heteroatoms. The lowest BCUT2D eigenvalue weighted by Gasteiger charge is -2.29. The van der Waals surface area contributed by atoms with Gasteiger partial charge in [0.2, 0.25) is 0 Å². The number of ether oxygens (including phenoxy) is 1. The molecule has 0 heterocycles. The highest BCUT2D eigenvalue weighted by atomic mass is 35.5. The van der Waals surface area contributed by atoms with Crippen LogP contribution >= 0.6 is 11.6 Å². The van der Waals surface area contributed by atoms with Crippen molar-refractivity contribution in [3.05, 3.63) is 29.8 Å². The molecule has 1 aromatic rings. The van der Waals surface area contributed by atoms with E-state index in [2.05, 4.69) is 31.3 Å². The number of methoxy groups -OCH3 is 1. The van der Waals surface area contributed by atoms with E-state index in [9.17, 15) is 0 Å². The van der Waals surface area contributed by atoms with Crippen LogP contribution in [0.15, 0.2) is 24.3 Å². The number of alkyl halides is 1. The summed E-state index contributed by atoms with van der Waals surface area (Å²) in [6.07, 6.45) is 2.07. The maximum absolute atomic E-state index is 5.83. The zero-order valence-corrected chi connectivity index (χ0v) is 11.7. The van der Waals surface area contributed by atoms with Gasteiger partial charge in [-0.2, -0.15) is 0 Å². The first-order valence-electron chi connectivity index (χ1n) is 6.07. The van der Waals surface area contributed by atoms with Crippen molar-refractivity contribution in [1.29, 1.82) is 0 Å². The molecule has 17 heavy (non-hydrogen) atoms. The molecule has 0 aliphatic heterocycles. The number of halogens is 1. The fourth-order valence-corrected chi connectivity index (χ4v) is 2.07. The lowest BCUT2D eigenvalue weighted by Crippen LogP contribution is -2.41. The standard InChI is InChI=1S/C14H22ClNO/c1-4-14(2,9-10-15)16-11-12-5-7-13(17-3)8-6-12/h5-8,16H,4,9-11H2,1-3H3. The van der Waals surface area contributed by atoms with Crippen LogP contribution in [0.3, 0.4) is 0 Å². The van der Waals surface area contributed by atoms with Crippen LogP contribution in [0, 0.1) is 0 Å². The molecule has 2 nitrogen and oxygen atoms in total. The Morgan fingerprint density at radius 1 is 1.29 bits per heavy atom. The van der Waals surface area contributed by atoms with E-state index in [1.54, 1.807) is 7.11 Å². The van der Waals surface area contributed by atoms with Gasteiger partial charge < -0.3 is 10.1 Å². The fourth-order valence-electron chi connectivity index (χ4n) is 1.66. The van der Waals surface area contributed by atoms with Crippen LogP contribution in [0.1, 0.15) is 32.3 Å². The van der Waals surface area contributed by atoms with E-state index >= 15 is 0 Å². The van der Waals surface area contributed by atoms with E-state index in [0.717, 1.165) is 25.1 Å². The van der Waals surface area contributed by atoms with Gasteiger partial charge in [0.25, 0.3) is 0 Å². The third-order valence-electron chi connectivity index (χ3n) is 3.30. The number of hydrogen-bond acceptors (Lipinski definition) is 2. The quantitative estimate of drug-likeness (QED) is 0.752. The largest absolute Gasteiger partial charge is 0.497 e. The summed E-state index contributed by atoms with van der Waals surface area (Å²) in [5.74, 6) is 1.59. The summed E-state index contributed by atoms with van der Waals surface area (Å²) in [6, 6.07) is 8.15. The molecule has 0 aliphatic rings. The van der Waals surface area contributed by atoms with Crippen LogP contribution in [0.25, 0.3) is 0 Å². The summed E-state index contributed by atoms with van der Waals surface area (Å²) in [7, 11) is 1.68. The zero-order valence-electron chi connectivity index (χ0n) is 10.9. The second-order valence-electron chi connectivity index (χ2n) is 4.55. The van der Waals surface area contributed by atoms with Gasteiger partial charge in [-0.25, -0.2) is 0 Å². The van der Waals surface area contributed by atoms with Gasteiger partial charge in [-0.15, -0.1) is 11.6 Å². The fraction of sp³-hybridized carbons (Fsp3) is 0.571. The van der Waals surface area contributed by atoms with Gasteiger partial charge in [-0.1, -0.05) is 19.1 Å². The van der Waals surface area contributed by atoms with Crippen LogP contribution in [-0.4, -0.2) is 18.5 Å². The molecule has 0 saturated heterocycles. The molecule has 0 saturated carbocycles. The Balaban J connectivity index is 2.53. The first kappa shape index (κ1) is 14.3. The highest BCUT2D eigenvalue weighted by Gasteiger charge is 2.19. The lowest BCUT2D eigenvalue weighted by atomic mass is 9.95. The van der Waals surface area contributed by atoms with Crippen molar-refractivity contribution in [2.75, 3.05) is 13.0 Å². The van der Waals surface area contributed by atoms with Gasteiger partial charge in [0.05, 0.1) is 7.11 Å². The average Bonchev–Trinajstić information content (AvgIpc) is 2.37. The van der Waals surface area contributed by atoms with Crippen LogP contribution < -0.4 is 10.1 Å². The highest BCUT2D eigenvalue weighted by Crippen LogP contribution is 2.17. The maximum Gasteiger partial charge on any atom is 0.118 e. The van der Waals surface area contributed by atoms with Gasteiger partial charge >= 0.3 is 0 Å². The van der Waals surface area contributed by atoms with Gasteiger partial charge in [0.15, 0.2) is 0 Å². The predicted octanol–water partition coefficient (Wildman–Crippen LogP) is 3.58. The van der Waals surface area contributed by atoms with Crippen molar-refractivity contribution >= 4 is 11.6 Å². The monoisotopic (exact) mass is 255 g/mol. The summed E-state index contributed by atoms with van der Waals surface area (Å²) >= 11 is 5.83. The summed E-state index contributed by atoms with van der Waals surface area (Å²) in [5, 5.41) is 3.58. The Kier molecular flexibility index (Phi) is 5.79. The smallest absolute Gasteiger partial charge is 0.118 e. The van der Waals surface area contributed by atoms with Crippen molar-refractivity contribution in [2.24, 2.45) is 0 Å². The van der Waals surface area contributed by atoms with Crippen LogP contribution in [0.4, 0.5) is 0 Å². The van der Waals surface area contributed by atoms with E-state index in [-0.39, 0.29) is 5.54 Å². The lowest BCUT2D eigenvalue weighted by molar-refractivity contribution is 0.331. The average molecular weight is 256 g/mol. The minimum absolute atomic E-state index is 0.127. The van der Waals surface area contributed by atoms with E-state index < -0.39 is 0 Å². The van der Waals surface area contributed by atoms with Gasteiger partial charge in [-0.05, 0) is 37.5 Å². The second-order valence-corrected chi connectivity index (χ2v) is 4.93. The first-order valence-corrected chi connectivity index (χ1v) is 6.61. The molecule has 1 rings (SSSR count). The summed E-state index contributed by atoms with van der Waals surface area (Å²) < 4.78 is 5.14. The van der Waals surface area contributed by atoms with Crippen molar-refractivity contribution in [2.45, 2.75) is 38.8 Å². The Morgan fingerprint density at radius 3 is 2.41 bits per heavy atom. The van der Waals surface area contributed by atoms with Crippen molar-refractivity contribution in [3.63, 3.8) is 0 Å². The minimum atomic E-state index is 0.127. The molecule has 96 valence electrons. The molecule has 0 amide bonds. The molecule has 1 atom stereocenters. The summed E-state index contributed by atoms with van der Waals surface area (Å²) in [5.41, 5.74) is 1.39. The molecule has 0 fully saturated rings. The second kappa shape index (κ2) is 6.87. The normalized spacial score (nSPS) is 14.4. The predicted molar refractivity (Wildman–Crippen MR) is 73.9 cm³/mol. The molecule has 1 unspecified atom stereocenters. The minimum Gasteiger partial charge on any atom is -0.497 e. The van der Waals surface area contributed by atoms with Crippen LogP contribution in [0.2, 0.25) is 0 Å².